The van der Waals surface area contributed by atoms with Gasteiger partial charge >= 0.3 is 0 Å². The third-order valence-electron chi connectivity index (χ3n) is 3.64. The Labute approximate surface area is 94.0 Å². The van der Waals surface area contributed by atoms with Gasteiger partial charge in [0.15, 0.2) is 0 Å². The molecule has 1 amide bonds. The van der Waals surface area contributed by atoms with Crippen LogP contribution in [-0.2, 0) is 4.79 Å². The summed E-state index contributed by atoms with van der Waals surface area (Å²) in [5.74, 6) is 3.05. The van der Waals surface area contributed by atoms with Crippen LogP contribution in [0.3, 0.4) is 0 Å². The number of rotatable bonds is 4. The molecule has 0 bridgehead atoms. The Bertz CT molecular complexity index is 264. The summed E-state index contributed by atoms with van der Waals surface area (Å²) in [6.45, 7) is 10.1. The van der Waals surface area contributed by atoms with Gasteiger partial charge in [0.05, 0.1) is 6.04 Å². The maximum Gasteiger partial charge on any atom is 0.229 e. The molecule has 2 atom stereocenters. The van der Waals surface area contributed by atoms with E-state index in [4.69, 9.17) is 6.42 Å². The first kappa shape index (κ1) is 14.0. The minimum absolute atomic E-state index is 0.137. The molecule has 0 radical (unpaired) electrons. The Morgan fingerprint density at radius 2 is 1.93 bits per heavy atom. The van der Waals surface area contributed by atoms with Gasteiger partial charge in [0.2, 0.25) is 5.91 Å². The van der Waals surface area contributed by atoms with Crippen molar-refractivity contribution in [3.05, 3.63) is 0 Å². The molecule has 0 heterocycles. The predicted octanol–water partition coefficient (Wildman–Crippen LogP) is 2.54. The molecule has 0 saturated heterocycles. The van der Waals surface area contributed by atoms with E-state index in [9.17, 15) is 4.79 Å². The lowest BCUT2D eigenvalue weighted by atomic mass is 9.75. The van der Waals surface area contributed by atoms with Crippen molar-refractivity contribution in [2.75, 3.05) is 7.05 Å². The molecule has 0 aliphatic rings. The van der Waals surface area contributed by atoms with E-state index < -0.39 is 0 Å². The van der Waals surface area contributed by atoms with Gasteiger partial charge in [-0.25, -0.2) is 0 Å². The second kappa shape index (κ2) is 5.21. The normalized spacial score (nSPS) is 16.7. The fraction of sp³-hybridized carbons (Fsp3) is 0.769. The highest BCUT2D eigenvalue weighted by molar-refractivity contribution is 5.82. The van der Waals surface area contributed by atoms with Crippen LogP contribution in [0.25, 0.3) is 0 Å². The van der Waals surface area contributed by atoms with Crippen molar-refractivity contribution in [2.45, 2.75) is 47.1 Å². The zero-order chi connectivity index (χ0) is 12.2. The van der Waals surface area contributed by atoms with Crippen LogP contribution in [0.15, 0.2) is 0 Å². The van der Waals surface area contributed by atoms with Gasteiger partial charge in [-0.3, -0.25) is 4.79 Å². The van der Waals surface area contributed by atoms with Gasteiger partial charge in [-0.05, 0) is 19.3 Å². The largest absolute Gasteiger partial charge is 0.332 e. The smallest absolute Gasteiger partial charge is 0.229 e. The summed E-state index contributed by atoms with van der Waals surface area (Å²) in [5.41, 5.74) is -0.306. The molecule has 2 nitrogen and oxygen atoms in total. The fourth-order valence-corrected chi connectivity index (χ4v) is 1.50. The Kier molecular flexibility index (Phi) is 4.87. The molecule has 0 aromatic carbocycles. The Morgan fingerprint density at radius 3 is 2.20 bits per heavy atom. The van der Waals surface area contributed by atoms with E-state index in [0.717, 1.165) is 6.42 Å². The highest BCUT2D eigenvalue weighted by atomic mass is 16.2. The van der Waals surface area contributed by atoms with Crippen LogP contribution in [0.4, 0.5) is 0 Å². The van der Waals surface area contributed by atoms with Crippen LogP contribution in [0.5, 0.6) is 0 Å². The summed E-state index contributed by atoms with van der Waals surface area (Å²) in [4.78, 5) is 13.9. The minimum atomic E-state index is -0.306. The average Bonchev–Trinajstić information content (AvgIpc) is 2.24. The van der Waals surface area contributed by atoms with Crippen LogP contribution < -0.4 is 0 Å². The van der Waals surface area contributed by atoms with Gasteiger partial charge in [0.25, 0.3) is 0 Å². The highest BCUT2D eigenvalue weighted by Gasteiger charge is 2.37. The fourth-order valence-electron chi connectivity index (χ4n) is 1.50. The number of nitrogens with zero attached hydrogens (tertiary/aromatic N) is 1. The highest BCUT2D eigenvalue weighted by Crippen LogP contribution is 2.33. The van der Waals surface area contributed by atoms with E-state index in [1.54, 1.807) is 11.9 Å². The number of carbonyl (C=O) groups excluding carboxylic acids is 1. The summed E-state index contributed by atoms with van der Waals surface area (Å²) in [7, 11) is 1.78. The first-order chi connectivity index (χ1) is 6.81. The molecule has 0 aromatic rings. The molecular weight excluding hydrogens is 186 g/mol. The van der Waals surface area contributed by atoms with Gasteiger partial charge < -0.3 is 4.90 Å². The molecule has 0 aliphatic carbocycles. The van der Waals surface area contributed by atoms with E-state index in [-0.39, 0.29) is 17.4 Å². The van der Waals surface area contributed by atoms with Gasteiger partial charge in [0, 0.05) is 12.5 Å². The SMILES string of the molecule is C#CC(C)N(C)C(=O)C(C)(CC)C(C)C. The van der Waals surface area contributed by atoms with E-state index in [1.807, 2.05) is 20.8 Å². The summed E-state index contributed by atoms with van der Waals surface area (Å²) in [6.07, 6.45) is 6.17. The van der Waals surface area contributed by atoms with Crippen molar-refractivity contribution in [2.24, 2.45) is 11.3 Å². The lowest BCUT2D eigenvalue weighted by Crippen LogP contribution is -2.46. The molecule has 0 aromatic heterocycles. The number of hydrogen-bond acceptors (Lipinski definition) is 1. The van der Waals surface area contributed by atoms with Gasteiger partial charge in [-0.15, -0.1) is 6.42 Å². The maximum atomic E-state index is 12.3. The van der Waals surface area contributed by atoms with Gasteiger partial charge in [-0.1, -0.05) is 33.6 Å². The average molecular weight is 209 g/mol. The number of hydrogen-bond donors (Lipinski definition) is 0. The summed E-state index contributed by atoms with van der Waals surface area (Å²) >= 11 is 0. The van der Waals surface area contributed by atoms with Crippen molar-refractivity contribution < 1.29 is 4.79 Å². The molecule has 0 rings (SSSR count). The van der Waals surface area contributed by atoms with E-state index >= 15 is 0 Å². The molecule has 0 fully saturated rings. The van der Waals surface area contributed by atoms with Crippen molar-refractivity contribution in [1.29, 1.82) is 0 Å². The maximum absolute atomic E-state index is 12.3. The van der Waals surface area contributed by atoms with Crippen molar-refractivity contribution >= 4 is 5.91 Å². The second-order valence-electron chi connectivity index (χ2n) is 4.68. The molecule has 15 heavy (non-hydrogen) atoms. The summed E-state index contributed by atoms with van der Waals surface area (Å²) < 4.78 is 0. The molecule has 86 valence electrons. The standard InChI is InChI=1S/C13H23NO/c1-8-11(5)14(7)12(15)13(6,9-2)10(3)4/h1,10-11H,9H2,2-7H3. The van der Waals surface area contributed by atoms with Crippen LogP contribution >= 0.6 is 0 Å². The zero-order valence-electron chi connectivity index (χ0n) is 10.8. The monoisotopic (exact) mass is 209 g/mol. The first-order valence-corrected chi connectivity index (χ1v) is 5.54. The van der Waals surface area contributed by atoms with Crippen LogP contribution in [0.2, 0.25) is 0 Å². The number of terminal acetylenes is 1. The minimum Gasteiger partial charge on any atom is -0.332 e. The van der Waals surface area contributed by atoms with E-state index in [2.05, 4.69) is 19.8 Å². The topological polar surface area (TPSA) is 20.3 Å². The lowest BCUT2D eigenvalue weighted by molar-refractivity contribution is -0.143. The van der Waals surface area contributed by atoms with Crippen LogP contribution in [-0.4, -0.2) is 23.9 Å². The molecule has 0 saturated carbocycles. The molecule has 0 spiro atoms. The van der Waals surface area contributed by atoms with Crippen molar-refractivity contribution in [1.82, 2.24) is 4.90 Å². The summed E-state index contributed by atoms with van der Waals surface area (Å²) in [5, 5.41) is 0. The van der Waals surface area contributed by atoms with Crippen LogP contribution in [0, 0.1) is 23.7 Å². The predicted molar refractivity (Wildman–Crippen MR) is 64.3 cm³/mol. The lowest BCUT2D eigenvalue weighted by Gasteiger charge is -2.36. The Morgan fingerprint density at radius 1 is 1.47 bits per heavy atom. The number of amides is 1. The summed E-state index contributed by atoms with van der Waals surface area (Å²) in [6, 6.07) is -0.137. The second-order valence-corrected chi connectivity index (χ2v) is 4.68. The zero-order valence-corrected chi connectivity index (χ0v) is 10.8. The first-order valence-electron chi connectivity index (χ1n) is 5.54. The van der Waals surface area contributed by atoms with Gasteiger partial charge in [0.1, 0.15) is 0 Å². The van der Waals surface area contributed by atoms with E-state index in [0.29, 0.717) is 5.92 Å². The van der Waals surface area contributed by atoms with Crippen molar-refractivity contribution in [3.8, 4) is 12.3 Å². The van der Waals surface area contributed by atoms with Gasteiger partial charge in [-0.2, -0.15) is 0 Å². The third kappa shape index (κ3) is 2.75. The van der Waals surface area contributed by atoms with Crippen molar-refractivity contribution in [3.63, 3.8) is 0 Å². The third-order valence-corrected chi connectivity index (χ3v) is 3.64. The Hall–Kier alpha value is -0.970. The molecule has 0 N–H and O–H groups in total. The molecular formula is C13H23NO. The van der Waals surface area contributed by atoms with Crippen LogP contribution in [0.1, 0.15) is 41.0 Å². The Balaban J connectivity index is 4.91. The molecule has 0 aliphatic heterocycles. The molecule has 2 heteroatoms. The molecule has 2 unspecified atom stereocenters. The van der Waals surface area contributed by atoms with E-state index in [1.165, 1.54) is 0 Å². The quantitative estimate of drug-likeness (QED) is 0.652. The number of carbonyl (C=O) groups is 1.